The number of rotatable bonds is 18. The van der Waals surface area contributed by atoms with Gasteiger partial charge in [-0.1, -0.05) is 182 Å². The maximum absolute atomic E-state index is 13.6. The van der Waals surface area contributed by atoms with Crippen LogP contribution in [0, 0.1) is 60.7 Å². The van der Waals surface area contributed by atoms with E-state index in [9.17, 15) is 60.7 Å². The molecular formula is C66H42N12O12. The smallest absolute Gasteiger partial charge is 0.295 e. The van der Waals surface area contributed by atoms with Crippen LogP contribution in [0.5, 0.6) is 0 Å². The Hall–Kier alpha value is -13.4. The summed E-state index contributed by atoms with van der Waals surface area (Å²) in [5, 5.41) is 81.9. The van der Waals surface area contributed by atoms with Crippen molar-refractivity contribution >= 4 is 34.1 Å². The van der Waals surface area contributed by atoms with Crippen molar-refractivity contribution in [1.82, 2.24) is 27.4 Å². The molecule has 0 aliphatic heterocycles. The molecule has 0 saturated heterocycles. The van der Waals surface area contributed by atoms with Crippen LogP contribution in [0.4, 0.5) is 34.1 Å². The molecule has 0 spiro atoms. The molecule has 0 amide bonds. The summed E-state index contributed by atoms with van der Waals surface area (Å²) < 4.78 is 8.10. The van der Waals surface area contributed by atoms with Crippen LogP contribution in [0.15, 0.2) is 256 Å². The summed E-state index contributed by atoms with van der Waals surface area (Å²) in [5.41, 5.74) is -1.58. The molecule has 438 valence electrons. The predicted octanol–water partition coefficient (Wildman–Crippen LogP) is 15.9. The van der Waals surface area contributed by atoms with E-state index in [2.05, 4.69) is 0 Å². The molecule has 6 heterocycles. The monoisotopic (exact) mass is 1190 g/mol. The molecule has 0 radical (unpaired) electrons. The first-order valence-corrected chi connectivity index (χ1v) is 27.4. The summed E-state index contributed by atoms with van der Waals surface area (Å²) in [6.07, 6.45) is 15.6. The third-order valence-electron chi connectivity index (χ3n) is 15.4. The Morgan fingerprint density at radius 2 is 0.311 bits per heavy atom. The highest BCUT2D eigenvalue weighted by molar-refractivity contribution is 5.93. The summed E-state index contributed by atoms with van der Waals surface area (Å²) in [7, 11) is 0. The van der Waals surface area contributed by atoms with Gasteiger partial charge in [-0.25, -0.2) is 0 Å². The quantitative estimate of drug-likeness (QED) is 0.0572. The summed E-state index contributed by atoms with van der Waals surface area (Å²) in [4.78, 5) is 78.1. The zero-order chi connectivity index (χ0) is 62.5. The van der Waals surface area contributed by atoms with E-state index < -0.39 is 63.7 Å². The van der Waals surface area contributed by atoms with Crippen LogP contribution >= 0.6 is 0 Å². The maximum atomic E-state index is 13.6. The van der Waals surface area contributed by atoms with Gasteiger partial charge in [0.25, 0.3) is 34.1 Å². The summed E-state index contributed by atoms with van der Waals surface area (Å²) in [5.74, 6) is 0. The lowest BCUT2D eigenvalue weighted by Gasteiger charge is -2.28. The zero-order valence-corrected chi connectivity index (χ0v) is 46.5. The van der Waals surface area contributed by atoms with E-state index in [1.165, 1.54) is 102 Å². The van der Waals surface area contributed by atoms with Gasteiger partial charge in [-0.3, -0.25) is 60.7 Å². The molecule has 13 aromatic rings. The van der Waals surface area contributed by atoms with Crippen molar-refractivity contribution in [3.63, 3.8) is 0 Å². The summed E-state index contributed by atoms with van der Waals surface area (Å²) in [6.45, 7) is 0. The van der Waals surface area contributed by atoms with Crippen LogP contribution < -0.4 is 0 Å². The molecule has 6 aromatic heterocycles. The van der Waals surface area contributed by atoms with Crippen molar-refractivity contribution in [3.8, 4) is 101 Å². The minimum atomic E-state index is -0.622. The molecule has 0 aliphatic rings. The average Bonchev–Trinajstić information content (AvgIpc) is 1.44. The average molecular weight is 1200 g/mol. The van der Waals surface area contributed by atoms with Crippen molar-refractivity contribution in [1.29, 1.82) is 0 Å². The van der Waals surface area contributed by atoms with E-state index in [0.717, 1.165) is 0 Å². The highest BCUT2D eigenvalue weighted by Crippen LogP contribution is 2.51. The molecule has 0 unspecified atom stereocenters. The number of nitrogens with zero attached hydrogens (tertiary/aromatic N) is 12. The lowest BCUT2D eigenvalue weighted by molar-refractivity contribution is -0.384. The van der Waals surface area contributed by atoms with E-state index in [1.54, 1.807) is 182 Å². The molecule has 24 nitrogen and oxygen atoms in total. The van der Waals surface area contributed by atoms with Crippen LogP contribution in [0.2, 0.25) is 0 Å². The fourth-order valence-corrected chi connectivity index (χ4v) is 11.5. The van der Waals surface area contributed by atoms with Crippen LogP contribution in [0.25, 0.3) is 101 Å². The first kappa shape index (κ1) is 55.8. The van der Waals surface area contributed by atoms with E-state index in [-0.39, 0.29) is 67.5 Å². The van der Waals surface area contributed by atoms with Crippen molar-refractivity contribution in [3.05, 3.63) is 317 Å². The standard InChI is InChI=1S/C66H42N12O12/c79-73(80)55-37-67(31-49(55)43-19-7-1-8-20-43)61-62(68-32-50(56(38-68)74(81)82)44-21-9-2-10-22-44)64(70-34-52(58(40-70)76(85)86)46-25-13-4-14-26-46)66(72-36-54(60(42-72)78(89)90)48-29-17-6-18-30-48)65(71-35-53(59(41-71)77(87)88)47-27-15-5-16-28-47)63(61)69-33-51(57(39-69)75(83)84)45-23-11-3-12-24-45/h1-42H. The molecule has 0 atom stereocenters. The highest BCUT2D eigenvalue weighted by Gasteiger charge is 2.38. The number of nitro groups is 6. The summed E-state index contributed by atoms with van der Waals surface area (Å²) >= 11 is 0. The third kappa shape index (κ3) is 9.85. The zero-order valence-electron chi connectivity index (χ0n) is 46.5. The molecule has 90 heavy (non-hydrogen) atoms. The molecule has 0 bridgehead atoms. The topological polar surface area (TPSA) is 288 Å². The minimum Gasteiger partial charge on any atom is -0.313 e. The van der Waals surface area contributed by atoms with Gasteiger partial charge in [0.2, 0.25) is 0 Å². The minimum absolute atomic E-state index is 0.0380. The fraction of sp³-hybridized carbons (Fsp3) is 0. The second kappa shape index (κ2) is 22.6. The van der Waals surface area contributed by atoms with Gasteiger partial charge in [-0.05, 0) is 33.4 Å². The number of aromatic nitrogens is 6. The first-order chi connectivity index (χ1) is 43.6. The van der Waals surface area contributed by atoms with Gasteiger partial charge in [-0.15, -0.1) is 0 Å². The van der Waals surface area contributed by atoms with E-state index >= 15 is 0 Å². The molecule has 0 aliphatic carbocycles. The molecular weight excluding hydrogens is 1150 g/mol. The lowest BCUT2D eigenvalue weighted by Crippen LogP contribution is -2.18. The van der Waals surface area contributed by atoms with Crippen molar-refractivity contribution in [2.75, 3.05) is 0 Å². The summed E-state index contributed by atoms with van der Waals surface area (Å²) in [6, 6.07) is 49.8. The second-order valence-electron chi connectivity index (χ2n) is 20.6. The van der Waals surface area contributed by atoms with Gasteiger partial charge in [0.15, 0.2) is 0 Å². The molecule has 0 N–H and O–H groups in total. The molecule has 0 saturated carbocycles. The number of hydrogen-bond acceptors (Lipinski definition) is 12. The van der Waals surface area contributed by atoms with Gasteiger partial charge in [0.1, 0.15) is 0 Å². The van der Waals surface area contributed by atoms with Crippen molar-refractivity contribution in [2.24, 2.45) is 0 Å². The maximum Gasteiger partial charge on any atom is 0.295 e. The molecule has 24 heteroatoms. The normalized spacial score (nSPS) is 11.2. The van der Waals surface area contributed by atoms with Gasteiger partial charge < -0.3 is 27.4 Å². The van der Waals surface area contributed by atoms with Gasteiger partial charge >= 0.3 is 0 Å². The Bertz CT molecular complexity index is 4180. The van der Waals surface area contributed by atoms with E-state index in [1.807, 2.05) is 0 Å². The van der Waals surface area contributed by atoms with Crippen LogP contribution in [0.3, 0.4) is 0 Å². The predicted molar refractivity (Wildman–Crippen MR) is 335 cm³/mol. The fourth-order valence-electron chi connectivity index (χ4n) is 11.5. The number of hydrogen-bond donors (Lipinski definition) is 0. The van der Waals surface area contributed by atoms with Crippen molar-refractivity contribution < 1.29 is 29.5 Å². The van der Waals surface area contributed by atoms with Crippen molar-refractivity contribution in [2.45, 2.75) is 0 Å². The van der Waals surface area contributed by atoms with Gasteiger partial charge in [-0.2, -0.15) is 0 Å². The van der Waals surface area contributed by atoms with Crippen LogP contribution in [-0.4, -0.2) is 56.9 Å². The highest BCUT2D eigenvalue weighted by atomic mass is 16.6. The molecule has 13 rings (SSSR count). The Morgan fingerprint density at radius 3 is 0.422 bits per heavy atom. The largest absolute Gasteiger partial charge is 0.313 e. The first-order valence-electron chi connectivity index (χ1n) is 27.4. The Balaban J connectivity index is 1.36. The Kier molecular flexibility index (Phi) is 14.0. The molecule has 7 aromatic carbocycles. The van der Waals surface area contributed by atoms with Crippen LogP contribution in [-0.2, 0) is 0 Å². The lowest BCUT2D eigenvalue weighted by atomic mass is 10.1. The Morgan fingerprint density at radius 1 is 0.189 bits per heavy atom. The molecule has 0 fully saturated rings. The Labute approximate surface area is 507 Å². The SMILES string of the molecule is O=[N+]([O-])c1cn(-c2c(-n3cc(-c4ccccc4)c([N+](=O)[O-])c3)c(-n3cc(-c4ccccc4)c([N+](=O)[O-])c3)c(-n3cc(-c4ccccc4)c([N+](=O)[O-])c3)c(-n3cc(-c4ccccc4)c([N+](=O)[O-])c3)c2-n2cc(-c3ccccc3)c([N+](=O)[O-])c2)cc1-c1ccccc1. The number of benzene rings is 7. The van der Waals surface area contributed by atoms with Crippen LogP contribution in [0.1, 0.15) is 0 Å². The van der Waals surface area contributed by atoms with Gasteiger partial charge in [0, 0.05) is 37.2 Å². The van der Waals surface area contributed by atoms with E-state index in [4.69, 9.17) is 0 Å². The second-order valence-corrected chi connectivity index (χ2v) is 20.6. The van der Waals surface area contributed by atoms with Gasteiger partial charge in [0.05, 0.1) is 134 Å². The third-order valence-corrected chi connectivity index (χ3v) is 15.4. The van der Waals surface area contributed by atoms with E-state index in [0.29, 0.717) is 33.4 Å².